The van der Waals surface area contributed by atoms with Gasteiger partial charge in [-0.2, -0.15) is 0 Å². The Hall–Kier alpha value is -2.31. The molecule has 0 saturated carbocycles. The van der Waals surface area contributed by atoms with E-state index in [4.69, 9.17) is 4.74 Å². The molecule has 6 nitrogen and oxygen atoms in total. The number of aromatic nitrogens is 4. The van der Waals surface area contributed by atoms with Crippen LogP contribution in [0.15, 0.2) is 42.9 Å². The molecule has 0 saturated heterocycles. The Morgan fingerprint density at radius 1 is 1.29 bits per heavy atom. The second-order valence-corrected chi connectivity index (χ2v) is 4.70. The van der Waals surface area contributed by atoms with Crippen LogP contribution in [0.3, 0.4) is 0 Å². The van der Waals surface area contributed by atoms with Gasteiger partial charge in [-0.05, 0) is 17.5 Å². The van der Waals surface area contributed by atoms with E-state index in [1.165, 1.54) is 0 Å². The molecule has 0 spiro atoms. The molecule has 2 heterocycles. The third-order valence-corrected chi connectivity index (χ3v) is 3.24. The number of ether oxygens (including phenoxy) is 1. The van der Waals surface area contributed by atoms with Crippen molar-refractivity contribution in [1.29, 1.82) is 0 Å². The summed E-state index contributed by atoms with van der Waals surface area (Å²) in [7, 11) is 1.69. The number of fused-ring (bicyclic) bond motifs is 1. The van der Waals surface area contributed by atoms with Crippen LogP contribution in [-0.4, -0.2) is 40.2 Å². The Morgan fingerprint density at radius 2 is 2.24 bits per heavy atom. The predicted octanol–water partition coefficient (Wildman–Crippen LogP) is 1.55. The average Bonchev–Trinajstić information content (AvgIpc) is 3.00. The molecule has 0 fully saturated rings. The van der Waals surface area contributed by atoms with Crippen LogP contribution in [0, 0.1) is 0 Å². The molecule has 0 aliphatic carbocycles. The quantitative estimate of drug-likeness (QED) is 0.695. The van der Waals surface area contributed by atoms with Crippen molar-refractivity contribution in [2.45, 2.75) is 6.54 Å². The van der Waals surface area contributed by atoms with Crippen LogP contribution in [0.25, 0.3) is 16.5 Å². The smallest absolute Gasteiger partial charge is 0.0969 e. The minimum Gasteiger partial charge on any atom is -0.383 e. The van der Waals surface area contributed by atoms with E-state index in [1.54, 1.807) is 18.0 Å². The first-order valence-electron chi connectivity index (χ1n) is 6.82. The number of rotatable bonds is 6. The normalized spacial score (nSPS) is 11.1. The lowest BCUT2D eigenvalue weighted by atomic mass is 10.1. The van der Waals surface area contributed by atoms with Gasteiger partial charge in [-0.3, -0.25) is 4.98 Å². The molecular weight excluding hydrogens is 266 g/mol. The molecule has 3 rings (SSSR count). The highest BCUT2D eigenvalue weighted by molar-refractivity contribution is 5.89. The van der Waals surface area contributed by atoms with Crippen LogP contribution in [0.5, 0.6) is 0 Å². The number of methoxy groups -OCH3 is 1. The molecule has 3 aromatic rings. The fourth-order valence-corrected chi connectivity index (χ4v) is 2.18. The van der Waals surface area contributed by atoms with Gasteiger partial charge < -0.3 is 10.1 Å². The zero-order chi connectivity index (χ0) is 14.5. The van der Waals surface area contributed by atoms with Crippen molar-refractivity contribution in [2.24, 2.45) is 0 Å². The van der Waals surface area contributed by atoms with Gasteiger partial charge in [0.25, 0.3) is 0 Å². The second-order valence-electron chi connectivity index (χ2n) is 4.70. The average molecular weight is 283 g/mol. The zero-order valence-corrected chi connectivity index (χ0v) is 11.9. The summed E-state index contributed by atoms with van der Waals surface area (Å²) in [6.45, 7) is 2.15. The third kappa shape index (κ3) is 3.07. The van der Waals surface area contributed by atoms with Crippen molar-refractivity contribution in [3.63, 3.8) is 0 Å². The topological polar surface area (TPSA) is 64.9 Å². The molecule has 108 valence electrons. The van der Waals surface area contributed by atoms with Crippen LogP contribution in [0.2, 0.25) is 0 Å². The summed E-state index contributed by atoms with van der Waals surface area (Å²) in [5.74, 6) is 0. The Bertz CT molecular complexity index is 719. The lowest BCUT2D eigenvalue weighted by molar-refractivity contribution is 0.199. The van der Waals surface area contributed by atoms with Gasteiger partial charge in [0.1, 0.15) is 0 Å². The largest absolute Gasteiger partial charge is 0.383 e. The summed E-state index contributed by atoms with van der Waals surface area (Å²) in [5.41, 5.74) is 1.88. The van der Waals surface area contributed by atoms with E-state index >= 15 is 0 Å². The van der Waals surface area contributed by atoms with Gasteiger partial charge in [0.2, 0.25) is 0 Å². The van der Waals surface area contributed by atoms with Crippen LogP contribution in [0.1, 0.15) is 5.69 Å². The predicted molar refractivity (Wildman–Crippen MR) is 80.2 cm³/mol. The van der Waals surface area contributed by atoms with Crippen molar-refractivity contribution in [3.8, 4) is 5.69 Å². The number of nitrogens with zero attached hydrogens (tertiary/aromatic N) is 4. The number of pyridine rings is 1. The third-order valence-electron chi connectivity index (χ3n) is 3.24. The van der Waals surface area contributed by atoms with E-state index in [9.17, 15) is 0 Å². The molecule has 0 aliphatic heterocycles. The van der Waals surface area contributed by atoms with Gasteiger partial charge in [-0.1, -0.05) is 17.3 Å². The molecule has 0 bridgehead atoms. The van der Waals surface area contributed by atoms with Crippen LogP contribution < -0.4 is 5.32 Å². The molecule has 0 radical (unpaired) electrons. The van der Waals surface area contributed by atoms with Crippen molar-refractivity contribution in [2.75, 3.05) is 20.3 Å². The van der Waals surface area contributed by atoms with E-state index in [2.05, 4.69) is 26.7 Å². The van der Waals surface area contributed by atoms with Crippen LogP contribution in [-0.2, 0) is 11.3 Å². The zero-order valence-electron chi connectivity index (χ0n) is 11.9. The lowest BCUT2D eigenvalue weighted by Gasteiger charge is -2.04. The number of benzene rings is 1. The Morgan fingerprint density at radius 3 is 3.14 bits per heavy atom. The van der Waals surface area contributed by atoms with Crippen molar-refractivity contribution < 1.29 is 4.74 Å². The number of hydrogen-bond acceptors (Lipinski definition) is 5. The highest BCUT2D eigenvalue weighted by Gasteiger charge is 2.06. The lowest BCUT2D eigenvalue weighted by Crippen LogP contribution is -2.18. The highest BCUT2D eigenvalue weighted by atomic mass is 16.5. The van der Waals surface area contributed by atoms with Gasteiger partial charge >= 0.3 is 0 Å². The van der Waals surface area contributed by atoms with Gasteiger partial charge in [0, 0.05) is 38.0 Å². The Labute approximate surface area is 122 Å². The van der Waals surface area contributed by atoms with Crippen molar-refractivity contribution in [1.82, 2.24) is 25.3 Å². The van der Waals surface area contributed by atoms with Gasteiger partial charge in [0.05, 0.1) is 24.2 Å². The molecule has 6 heteroatoms. The van der Waals surface area contributed by atoms with E-state index in [0.29, 0.717) is 13.2 Å². The SMILES string of the molecule is COCCNCc1cn(-c2cccc3ccncc23)nn1. The maximum absolute atomic E-state index is 4.99. The van der Waals surface area contributed by atoms with Crippen molar-refractivity contribution >= 4 is 10.8 Å². The van der Waals surface area contributed by atoms with Crippen LogP contribution in [0.4, 0.5) is 0 Å². The summed E-state index contributed by atoms with van der Waals surface area (Å²) in [4.78, 5) is 4.19. The first-order valence-corrected chi connectivity index (χ1v) is 6.82. The monoisotopic (exact) mass is 283 g/mol. The fraction of sp³-hybridized carbons (Fsp3) is 0.267. The molecule has 21 heavy (non-hydrogen) atoms. The molecule has 0 atom stereocenters. The summed E-state index contributed by atoms with van der Waals surface area (Å²) in [6, 6.07) is 8.07. The van der Waals surface area contributed by atoms with Gasteiger partial charge in [-0.15, -0.1) is 5.10 Å². The maximum atomic E-state index is 4.99. The minimum absolute atomic E-state index is 0.673. The molecule has 0 unspecified atom stereocenters. The Balaban J connectivity index is 1.81. The standard InChI is InChI=1S/C15H17N5O/c1-21-8-7-17-9-13-11-20(19-18-13)15-4-2-3-12-5-6-16-10-14(12)15/h2-6,10-11,17H,7-9H2,1H3. The summed E-state index contributed by atoms with van der Waals surface area (Å²) < 4.78 is 6.78. The molecular formula is C15H17N5O. The van der Waals surface area contributed by atoms with Gasteiger partial charge in [0.15, 0.2) is 0 Å². The fourth-order valence-electron chi connectivity index (χ4n) is 2.18. The second kappa shape index (κ2) is 6.43. The minimum atomic E-state index is 0.673. The van der Waals surface area contributed by atoms with Crippen LogP contribution >= 0.6 is 0 Å². The number of nitrogens with one attached hydrogen (secondary N) is 1. The summed E-state index contributed by atoms with van der Waals surface area (Å²) in [6.07, 6.45) is 5.57. The molecule has 1 N–H and O–H groups in total. The summed E-state index contributed by atoms with van der Waals surface area (Å²) >= 11 is 0. The maximum Gasteiger partial charge on any atom is 0.0969 e. The molecule has 0 amide bonds. The summed E-state index contributed by atoms with van der Waals surface area (Å²) in [5, 5.41) is 13.8. The molecule has 0 aliphatic rings. The van der Waals surface area contributed by atoms with E-state index in [1.807, 2.05) is 30.6 Å². The van der Waals surface area contributed by atoms with Gasteiger partial charge in [-0.25, -0.2) is 4.68 Å². The highest BCUT2D eigenvalue weighted by Crippen LogP contribution is 2.20. The van der Waals surface area contributed by atoms with E-state index in [-0.39, 0.29) is 0 Å². The van der Waals surface area contributed by atoms with Crippen molar-refractivity contribution in [3.05, 3.63) is 48.5 Å². The van der Waals surface area contributed by atoms with E-state index in [0.717, 1.165) is 28.7 Å². The molecule has 2 aromatic heterocycles. The number of hydrogen-bond donors (Lipinski definition) is 1. The van der Waals surface area contributed by atoms with E-state index < -0.39 is 0 Å². The molecule has 1 aromatic carbocycles. The first kappa shape index (κ1) is 13.7. The first-order chi connectivity index (χ1) is 10.4. The Kier molecular flexibility index (Phi) is 4.18.